The number of hydrogen-bond donors (Lipinski definition) is 0. The molecule has 0 unspecified atom stereocenters. The highest BCUT2D eigenvalue weighted by Gasteiger charge is 2.29. The SMILES string of the molecule is CC[C@@H]1CCCC[C@H]1N(C)c1cnc2c(n1)CN=C2c1cccc(Cl)c1F. The van der Waals surface area contributed by atoms with Gasteiger partial charge in [-0.1, -0.05) is 43.9 Å². The Morgan fingerprint density at radius 1 is 1.26 bits per heavy atom. The van der Waals surface area contributed by atoms with Gasteiger partial charge in [-0.3, -0.25) is 4.99 Å². The van der Waals surface area contributed by atoms with E-state index in [0.29, 0.717) is 35.5 Å². The van der Waals surface area contributed by atoms with Crippen LogP contribution in [0.15, 0.2) is 29.4 Å². The summed E-state index contributed by atoms with van der Waals surface area (Å²) in [5.41, 5.74) is 2.38. The van der Waals surface area contributed by atoms with Gasteiger partial charge in [-0.2, -0.15) is 0 Å². The second-order valence-corrected chi connectivity index (χ2v) is 7.83. The lowest BCUT2D eigenvalue weighted by Gasteiger charge is -2.38. The molecule has 2 aliphatic rings. The topological polar surface area (TPSA) is 41.4 Å². The molecule has 0 radical (unpaired) electrons. The quantitative estimate of drug-likeness (QED) is 0.740. The first-order valence-electron chi connectivity index (χ1n) is 9.68. The maximum absolute atomic E-state index is 14.4. The van der Waals surface area contributed by atoms with Crippen molar-refractivity contribution in [3.8, 4) is 0 Å². The fourth-order valence-electron chi connectivity index (χ4n) is 4.37. The standard InChI is InChI=1S/C21H24ClFN4/c1-3-13-7-4-5-10-17(13)27(2)18-12-25-21-16(26-18)11-24-20(21)14-8-6-9-15(22)19(14)23/h6,8-9,12-13,17H,3-5,7,10-11H2,1-2H3/t13-,17-/m1/s1. The number of halogens is 2. The highest BCUT2D eigenvalue weighted by molar-refractivity contribution is 6.31. The Kier molecular flexibility index (Phi) is 5.13. The number of anilines is 1. The van der Waals surface area contributed by atoms with Crippen LogP contribution in [0.25, 0.3) is 0 Å². The first-order valence-corrected chi connectivity index (χ1v) is 10.1. The van der Waals surface area contributed by atoms with Gasteiger partial charge in [-0.25, -0.2) is 14.4 Å². The zero-order valence-corrected chi connectivity index (χ0v) is 16.5. The highest BCUT2D eigenvalue weighted by atomic mass is 35.5. The van der Waals surface area contributed by atoms with Crippen molar-refractivity contribution in [1.29, 1.82) is 0 Å². The minimum Gasteiger partial charge on any atom is -0.355 e. The average molecular weight is 387 g/mol. The Bertz CT molecular complexity index is 882. The average Bonchev–Trinajstić information content (AvgIpc) is 3.12. The van der Waals surface area contributed by atoms with Crippen LogP contribution in [-0.2, 0) is 6.54 Å². The van der Waals surface area contributed by atoms with Crippen LogP contribution >= 0.6 is 11.6 Å². The van der Waals surface area contributed by atoms with Gasteiger partial charge < -0.3 is 4.90 Å². The van der Waals surface area contributed by atoms with Crippen LogP contribution in [0.5, 0.6) is 0 Å². The molecule has 6 heteroatoms. The van der Waals surface area contributed by atoms with Gasteiger partial charge in [-0.15, -0.1) is 0 Å². The molecular weight excluding hydrogens is 363 g/mol. The number of benzene rings is 1. The second-order valence-electron chi connectivity index (χ2n) is 7.42. The predicted octanol–water partition coefficient (Wildman–Crippen LogP) is 5.03. The van der Waals surface area contributed by atoms with E-state index < -0.39 is 5.82 Å². The van der Waals surface area contributed by atoms with Crippen LogP contribution in [0.2, 0.25) is 5.02 Å². The molecule has 0 N–H and O–H groups in total. The molecule has 0 saturated heterocycles. The van der Waals surface area contributed by atoms with Crippen molar-refractivity contribution in [2.75, 3.05) is 11.9 Å². The lowest BCUT2D eigenvalue weighted by Crippen LogP contribution is -2.40. The first-order chi connectivity index (χ1) is 13.1. The van der Waals surface area contributed by atoms with Crippen LogP contribution in [0, 0.1) is 11.7 Å². The van der Waals surface area contributed by atoms with Gasteiger partial charge in [0.25, 0.3) is 0 Å². The van der Waals surface area contributed by atoms with Crippen molar-refractivity contribution >= 4 is 23.1 Å². The van der Waals surface area contributed by atoms with E-state index in [2.05, 4.69) is 28.8 Å². The van der Waals surface area contributed by atoms with Gasteiger partial charge in [0.1, 0.15) is 11.5 Å². The second kappa shape index (κ2) is 7.55. The number of rotatable bonds is 4. The predicted molar refractivity (Wildman–Crippen MR) is 107 cm³/mol. The third-order valence-corrected chi connectivity index (χ3v) is 6.19. The van der Waals surface area contributed by atoms with E-state index in [4.69, 9.17) is 16.6 Å². The summed E-state index contributed by atoms with van der Waals surface area (Å²) in [4.78, 5) is 16.2. The molecule has 0 bridgehead atoms. The summed E-state index contributed by atoms with van der Waals surface area (Å²) in [6, 6.07) is 5.45. The van der Waals surface area contributed by atoms with Crippen LogP contribution in [0.1, 0.15) is 56.0 Å². The molecule has 1 fully saturated rings. The van der Waals surface area contributed by atoms with Crippen molar-refractivity contribution in [3.05, 3.63) is 52.2 Å². The molecule has 4 nitrogen and oxygen atoms in total. The Morgan fingerprint density at radius 2 is 2.07 bits per heavy atom. The number of hydrogen-bond acceptors (Lipinski definition) is 4. The van der Waals surface area contributed by atoms with Crippen LogP contribution < -0.4 is 4.90 Å². The van der Waals surface area contributed by atoms with Gasteiger partial charge in [0.15, 0.2) is 5.82 Å². The molecule has 0 amide bonds. The largest absolute Gasteiger partial charge is 0.355 e. The number of aliphatic imine (C=N–C) groups is 1. The lowest BCUT2D eigenvalue weighted by molar-refractivity contribution is 0.291. The molecule has 0 spiro atoms. The molecule has 27 heavy (non-hydrogen) atoms. The molecule has 2 aromatic rings. The molecule has 2 heterocycles. The molecule has 2 atom stereocenters. The van der Waals surface area contributed by atoms with Gasteiger partial charge in [0.2, 0.25) is 0 Å². The lowest BCUT2D eigenvalue weighted by atomic mass is 9.82. The minimum atomic E-state index is -0.457. The molecule has 142 valence electrons. The minimum absolute atomic E-state index is 0.0934. The third-order valence-electron chi connectivity index (χ3n) is 5.90. The fourth-order valence-corrected chi connectivity index (χ4v) is 4.54. The van der Waals surface area contributed by atoms with E-state index in [1.165, 1.54) is 38.2 Å². The zero-order valence-electron chi connectivity index (χ0n) is 15.8. The van der Waals surface area contributed by atoms with E-state index >= 15 is 0 Å². The van der Waals surface area contributed by atoms with E-state index in [-0.39, 0.29) is 5.02 Å². The zero-order chi connectivity index (χ0) is 19.0. The Balaban J connectivity index is 1.62. The fraction of sp³-hybridized carbons (Fsp3) is 0.476. The van der Waals surface area contributed by atoms with Gasteiger partial charge in [0, 0.05) is 18.7 Å². The summed E-state index contributed by atoms with van der Waals surface area (Å²) in [5, 5.41) is 0.0934. The molecule has 1 aromatic heterocycles. The monoisotopic (exact) mass is 386 g/mol. The number of aromatic nitrogens is 2. The third kappa shape index (κ3) is 3.33. The van der Waals surface area contributed by atoms with Crippen LogP contribution in [0.4, 0.5) is 10.2 Å². The smallest absolute Gasteiger partial charge is 0.151 e. The number of fused-ring (bicyclic) bond motifs is 1. The molecule has 1 aliphatic heterocycles. The summed E-state index contributed by atoms with van der Waals surface area (Å²) >= 11 is 5.93. The van der Waals surface area contributed by atoms with Crippen molar-refractivity contribution < 1.29 is 4.39 Å². The van der Waals surface area contributed by atoms with E-state index in [9.17, 15) is 4.39 Å². The molecular formula is C21H24ClFN4. The van der Waals surface area contributed by atoms with Gasteiger partial charge in [0.05, 0.1) is 29.2 Å². The molecule has 4 rings (SSSR count). The summed E-state index contributed by atoms with van der Waals surface area (Å²) in [7, 11) is 2.11. The first kappa shape index (κ1) is 18.4. The summed E-state index contributed by atoms with van der Waals surface area (Å²) in [5.74, 6) is 1.12. The van der Waals surface area contributed by atoms with Gasteiger partial charge in [-0.05, 0) is 30.9 Å². The van der Waals surface area contributed by atoms with E-state index in [1.54, 1.807) is 18.3 Å². The summed E-state index contributed by atoms with van der Waals surface area (Å²) in [6.45, 7) is 2.69. The number of nitrogens with zero attached hydrogens (tertiary/aromatic N) is 4. The summed E-state index contributed by atoms with van der Waals surface area (Å²) < 4.78 is 14.4. The van der Waals surface area contributed by atoms with Crippen LogP contribution in [0.3, 0.4) is 0 Å². The highest BCUT2D eigenvalue weighted by Crippen LogP contribution is 2.33. The van der Waals surface area contributed by atoms with E-state index in [0.717, 1.165) is 11.5 Å². The Hall–Kier alpha value is -2.01. The van der Waals surface area contributed by atoms with Crippen molar-refractivity contribution in [3.63, 3.8) is 0 Å². The van der Waals surface area contributed by atoms with Crippen molar-refractivity contribution in [2.24, 2.45) is 10.9 Å². The van der Waals surface area contributed by atoms with Crippen molar-refractivity contribution in [1.82, 2.24) is 9.97 Å². The van der Waals surface area contributed by atoms with Crippen LogP contribution in [-0.4, -0.2) is 28.8 Å². The maximum atomic E-state index is 14.4. The molecule has 1 saturated carbocycles. The maximum Gasteiger partial charge on any atom is 0.151 e. The normalized spacial score (nSPS) is 21.7. The Morgan fingerprint density at radius 3 is 2.89 bits per heavy atom. The van der Waals surface area contributed by atoms with Gasteiger partial charge >= 0.3 is 0 Å². The van der Waals surface area contributed by atoms with E-state index in [1.807, 2.05) is 0 Å². The van der Waals surface area contributed by atoms with Crippen molar-refractivity contribution in [2.45, 2.75) is 51.6 Å². The molecule has 1 aromatic carbocycles. The summed E-state index contributed by atoms with van der Waals surface area (Å²) in [6.07, 6.45) is 8.05. The Labute approximate surface area is 164 Å². The molecule has 1 aliphatic carbocycles.